The quantitative estimate of drug-likeness (QED) is 0.273. The van der Waals surface area contributed by atoms with Gasteiger partial charge in [-0.05, 0) is 24.3 Å². The maximum atomic E-state index is 13.9. The fourth-order valence-electron chi connectivity index (χ4n) is 5.36. The molecule has 4 amide bonds. The summed E-state index contributed by atoms with van der Waals surface area (Å²) < 4.78 is 12.6. The lowest BCUT2D eigenvalue weighted by atomic mass is 9.82. The predicted octanol–water partition coefficient (Wildman–Crippen LogP) is 3.67. The second-order valence-electron chi connectivity index (χ2n) is 10.0. The molecule has 0 aliphatic carbocycles. The van der Waals surface area contributed by atoms with Crippen molar-refractivity contribution in [1.29, 1.82) is 0 Å². The number of urea groups is 1. The highest BCUT2D eigenvalue weighted by Gasteiger charge is 2.44. The molecule has 42 heavy (non-hydrogen) atoms. The predicted molar refractivity (Wildman–Crippen MR) is 155 cm³/mol. The van der Waals surface area contributed by atoms with Gasteiger partial charge in [-0.2, -0.15) is 10.1 Å². The van der Waals surface area contributed by atoms with Crippen LogP contribution in [0.5, 0.6) is 11.5 Å². The van der Waals surface area contributed by atoms with Crippen LogP contribution < -0.4 is 25.4 Å². The second-order valence-corrected chi connectivity index (χ2v) is 11.0. The van der Waals surface area contributed by atoms with E-state index in [-0.39, 0.29) is 24.1 Å². The maximum Gasteiger partial charge on any atom is 0.319 e. The molecule has 4 heterocycles. The maximum absolute atomic E-state index is 13.9. The Labute approximate surface area is 243 Å². The number of nitrogens with one attached hydrogen (secondary N) is 4. The van der Waals surface area contributed by atoms with E-state index in [0.717, 1.165) is 4.70 Å². The van der Waals surface area contributed by atoms with Gasteiger partial charge in [0.15, 0.2) is 5.78 Å². The van der Waals surface area contributed by atoms with Crippen molar-refractivity contribution in [1.82, 2.24) is 25.4 Å². The third-order valence-electron chi connectivity index (χ3n) is 7.53. The number of ether oxygens (including phenoxy) is 2. The van der Waals surface area contributed by atoms with Crippen molar-refractivity contribution < 1.29 is 28.7 Å². The van der Waals surface area contributed by atoms with E-state index in [9.17, 15) is 19.2 Å². The Morgan fingerprint density at radius 3 is 2.67 bits per heavy atom. The lowest BCUT2D eigenvalue weighted by molar-refractivity contribution is -0.00562. The molecule has 4 aromatic rings. The molecular formula is C28H27N7O6S. The zero-order chi connectivity index (χ0) is 29.4. The first-order chi connectivity index (χ1) is 20.3. The van der Waals surface area contributed by atoms with E-state index in [1.807, 2.05) is 18.2 Å². The van der Waals surface area contributed by atoms with Crippen molar-refractivity contribution in [2.75, 3.05) is 37.9 Å². The normalized spacial score (nSPS) is 15.6. The summed E-state index contributed by atoms with van der Waals surface area (Å²) in [5.74, 6) is 0.444. The van der Waals surface area contributed by atoms with Gasteiger partial charge in [0.25, 0.3) is 11.8 Å². The number of H-pyrrole nitrogens is 1. The van der Waals surface area contributed by atoms with Gasteiger partial charge in [-0.1, -0.05) is 12.1 Å². The number of benzene rings is 2. The van der Waals surface area contributed by atoms with Gasteiger partial charge < -0.3 is 19.7 Å². The highest BCUT2D eigenvalue weighted by Crippen LogP contribution is 2.43. The van der Waals surface area contributed by atoms with Crippen LogP contribution in [0.25, 0.3) is 10.1 Å². The molecule has 2 aliphatic heterocycles. The number of amides is 4. The summed E-state index contributed by atoms with van der Waals surface area (Å²) in [6, 6.07) is 9.76. The van der Waals surface area contributed by atoms with Gasteiger partial charge in [-0.25, -0.2) is 9.89 Å². The smallest absolute Gasteiger partial charge is 0.319 e. The van der Waals surface area contributed by atoms with Gasteiger partial charge in [0.2, 0.25) is 5.95 Å². The molecule has 1 fully saturated rings. The first-order valence-electron chi connectivity index (χ1n) is 13.2. The van der Waals surface area contributed by atoms with Gasteiger partial charge in [-0.15, -0.1) is 11.3 Å². The van der Waals surface area contributed by atoms with Crippen molar-refractivity contribution >= 4 is 56.0 Å². The molecule has 2 aromatic carbocycles. The van der Waals surface area contributed by atoms with E-state index in [4.69, 9.17) is 9.47 Å². The van der Waals surface area contributed by atoms with Crippen molar-refractivity contribution in [2.45, 2.75) is 24.9 Å². The van der Waals surface area contributed by atoms with Crippen molar-refractivity contribution in [2.24, 2.45) is 0 Å². The van der Waals surface area contributed by atoms with E-state index < -0.39 is 17.5 Å². The fourth-order valence-corrected chi connectivity index (χ4v) is 6.53. The van der Waals surface area contributed by atoms with Crippen molar-refractivity contribution in [3.63, 3.8) is 0 Å². The van der Waals surface area contributed by atoms with Crippen molar-refractivity contribution in [3.05, 3.63) is 59.4 Å². The number of carbonyl (C=O) groups is 4. The average molecular weight is 590 g/mol. The van der Waals surface area contributed by atoms with Gasteiger partial charge in [-0.3, -0.25) is 25.0 Å². The molecule has 1 saturated heterocycles. The van der Waals surface area contributed by atoms with Crippen LogP contribution in [0.3, 0.4) is 0 Å². The minimum atomic E-state index is -0.756. The summed E-state index contributed by atoms with van der Waals surface area (Å²) in [6.07, 6.45) is 2.30. The van der Waals surface area contributed by atoms with Gasteiger partial charge >= 0.3 is 6.03 Å². The summed E-state index contributed by atoms with van der Waals surface area (Å²) in [6.45, 7) is 0.722. The lowest BCUT2D eigenvalue weighted by Crippen LogP contribution is -2.52. The first-order valence-corrected chi connectivity index (χ1v) is 14.0. The molecule has 1 spiro atoms. The monoisotopic (exact) mass is 589 g/mol. The summed E-state index contributed by atoms with van der Waals surface area (Å²) in [5.41, 5.74) is 0.274. The molecule has 0 radical (unpaired) electrons. The number of piperidine rings is 1. The zero-order valence-electron chi connectivity index (χ0n) is 22.8. The number of ketones is 1. The highest BCUT2D eigenvalue weighted by molar-refractivity contribution is 7.23. The number of carbonyl (C=O) groups excluding carboxylic acids is 4. The molecule has 6 rings (SSSR count). The van der Waals surface area contributed by atoms with Crippen LogP contribution in [-0.2, 0) is 0 Å². The number of Topliss-reactive ketones (excluding diaryl/α,β-unsaturated/α-hetero) is 1. The molecule has 14 heteroatoms. The number of aromatic amines is 1. The zero-order valence-corrected chi connectivity index (χ0v) is 23.6. The van der Waals surface area contributed by atoms with E-state index in [1.54, 1.807) is 24.1 Å². The van der Waals surface area contributed by atoms with Crippen LogP contribution in [0.2, 0.25) is 0 Å². The highest BCUT2D eigenvalue weighted by atomic mass is 32.1. The molecule has 2 aromatic heterocycles. The Morgan fingerprint density at radius 1 is 1.14 bits per heavy atom. The van der Waals surface area contributed by atoms with Crippen LogP contribution in [-0.4, -0.2) is 76.6 Å². The van der Waals surface area contributed by atoms with E-state index >= 15 is 0 Å². The standard InChI is InChI=1S/C28H27N7O6S/c1-29-27(39)33-24-21(16-4-3-5-20(40-2)22(16)42-24)25(38)35-10-8-28(9-11-35)13-18(36)17-12-15(6-7-19(17)41-28)23(37)32-26-30-14-31-34-26/h3-7,12,14H,8-11,13H2,1-2H3,(H2,29,33,39)(H2,30,31,32,34,37). The van der Waals surface area contributed by atoms with Crippen LogP contribution in [0, 0.1) is 0 Å². The third kappa shape index (κ3) is 4.89. The number of hydrogen-bond acceptors (Lipinski definition) is 9. The number of thiophene rings is 1. The van der Waals surface area contributed by atoms with Crippen LogP contribution in [0.4, 0.5) is 15.7 Å². The SMILES string of the molecule is CNC(=O)Nc1sc2c(OC)cccc2c1C(=O)N1CCC2(CC1)CC(=O)c1cc(C(=O)Nc3ncn[nH]3)ccc1O2. The molecule has 0 atom stereocenters. The molecule has 0 saturated carbocycles. The Balaban J connectivity index is 1.20. The molecule has 0 bridgehead atoms. The Hall–Kier alpha value is -4.98. The molecule has 4 N–H and O–H groups in total. The van der Waals surface area contributed by atoms with Crippen LogP contribution in [0.1, 0.15) is 50.3 Å². The number of hydrogen-bond donors (Lipinski definition) is 4. The van der Waals surface area contributed by atoms with Gasteiger partial charge in [0.05, 0.1) is 29.4 Å². The third-order valence-corrected chi connectivity index (χ3v) is 8.66. The van der Waals surface area contributed by atoms with E-state index in [0.29, 0.717) is 64.5 Å². The molecule has 2 aliphatic rings. The Bertz CT molecular complexity index is 1710. The molecule has 216 valence electrons. The van der Waals surface area contributed by atoms with Gasteiger partial charge in [0, 0.05) is 43.9 Å². The number of likely N-dealkylation sites (tertiary alicyclic amines) is 1. The number of anilines is 2. The van der Waals surface area contributed by atoms with E-state index in [1.165, 1.54) is 30.8 Å². The summed E-state index contributed by atoms with van der Waals surface area (Å²) in [7, 11) is 3.07. The number of methoxy groups -OCH3 is 1. The van der Waals surface area contributed by atoms with E-state index in [2.05, 4.69) is 31.1 Å². The minimum Gasteiger partial charge on any atom is -0.495 e. The Morgan fingerprint density at radius 2 is 1.95 bits per heavy atom. The number of aromatic nitrogens is 3. The number of nitrogens with zero attached hydrogens (tertiary/aromatic N) is 3. The second kappa shape index (κ2) is 10.8. The largest absolute Gasteiger partial charge is 0.495 e. The first kappa shape index (κ1) is 27.2. The number of rotatable bonds is 5. The van der Waals surface area contributed by atoms with Gasteiger partial charge in [0.1, 0.15) is 28.4 Å². The summed E-state index contributed by atoms with van der Waals surface area (Å²) in [4.78, 5) is 57.5. The lowest BCUT2D eigenvalue weighted by Gasteiger charge is -2.44. The molecule has 13 nitrogen and oxygen atoms in total. The minimum absolute atomic E-state index is 0.127. The van der Waals surface area contributed by atoms with Crippen LogP contribution >= 0.6 is 11.3 Å². The summed E-state index contributed by atoms with van der Waals surface area (Å²) >= 11 is 1.28. The fraction of sp³-hybridized carbons (Fsp3) is 0.286. The topological polar surface area (TPSA) is 168 Å². The van der Waals surface area contributed by atoms with Crippen LogP contribution in [0.15, 0.2) is 42.7 Å². The molecular weight excluding hydrogens is 562 g/mol. The number of fused-ring (bicyclic) bond motifs is 2. The molecule has 0 unspecified atom stereocenters. The van der Waals surface area contributed by atoms with Crippen molar-refractivity contribution in [3.8, 4) is 11.5 Å². The Kier molecular flexibility index (Phi) is 6.98. The summed E-state index contributed by atoms with van der Waals surface area (Å²) in [5, 5.41) is 15.3. The average Bonchev–Trinajstić information content (AvgIpc) is 3.64.